The molecule has 0 unspecified atom stereocenters. The molecular formula is C14H11FO2. The van der Waals surface area contributed by atoms with E-state index in [9.17, 15) is 9.18 Å². The minimum absolute atomic E-state index is 0.161. The van der Waals surface area contributed by atoms with Gasteiger partial charge in [0.25, 0.3) is 0 Å². The molecule has 3 heteroatoms. The average molecular weight is 230 g/mol. The molecule has 17 heavy (non-hydrogen) atoms. The number of hydrogen-bond acceptors (Lipinski definition) is 1. The molecule has 0 radical (unpaired) electrons. The summed E-state index contributed by atoms with van der Waals surface area (Å²) in [7, 11) is 0. The second-order valence-corrected chi connectivity index (χ2v) is 3.81. The van der Waals surface area contributed by atoms with Gasteiger partial charge in [-0.3, -0.25) is 0 Å². The van der Waals surface area contributed by atoms with Crippen molar-refractivity contribution in [1.82, 2.24) is 0 Å². The molecule has 0 aliphatic heterocycles. The van der Waals surface area contributed by atoms with Crippen LogP contribution >= 0.6 is 0 Å². The largest absolute Gasteiger partial charge is 0.478 e. The zero-order valence-corrected chi connectivity index (χ0v) is 9.27. The Morgan fingerprint density at radius 2 is 1.82 bits per heavy atom. The highest BCUT2D eigenvalue weighted by molar-refractivity contribution is 5.90. The summed E-state index contributed by atoms with van der Waals surface area (Å²) in [4.78, 5) is 10.9. The van der Waals surface area contributed by atoms with Crippen molar-refractivity contribution in [1.29, 1.82) is 0 Å². The first-order chi connectivity index (χ1) is 8.09. The second kappa shape index (κ2) is 4.37. The van der Waals surface area contributed by atoms with Gasteiger partial charge in [-0.1, -0.05) is 24.3 Å². The molecule has 0 atom stereocenters. The first kappa shape index (κ1) is 11.3. The van der Waals surface area contributed by atoms with Gasteiger partial charge >= 0.3 is 5.97 Å². The van der Waals surface area contributed by atoms with E-state index in [0.717, 1.165) is 5.56 Å². The topological polar surface area (TPSA) is 37.3 Å². The number of benzene rings is 2. The summed E-state index contributed by atoms with van der Waals surface area (Å²) in [5.41, 5.74) is 2.05. The van der Waals surface area contributed by atoms with E-state index < -0.39 is 5.97 Å². The molecule has 2 rings (SSSR count). The average Bonchev–Trinajstić information content (AvgIpc) is 2.30. The van der Waals surface area contributed by atoms with E-state index in [1.54, 1.807) is 24.3 Å². The normalized spacial score (nSPS) is 10.2. The standard InChI is InChI=1S/C14H11FO2/c1-9-6-7-10(14(16)17)8-12(9)11-4-2-3-5-13(11)15/h2-8H,1H3,(H,16,17). The van der Waals surface area contributed by atoms with Crippen molar-refractivity contribution >= 4 is 5.97 Å². The van der Waals surface area contributed by atoms with Gasteiger partial charge in [0.1, 0.15) is 5.82 Å². The summed E-state index contributed by atoms with van der Waals surface area (Å²) in [6.07, 6.45) is 0. The Kier molecular flexibility index (Phi) is 2.91. The molecule has 0 amide bonds. The summed E-state index contributed by atoms with van der Waals surface area (Å²) in [5, 5.41) is 8.92. The molecule has 2 aromatic rings. The quantitative estimate of drug-likeness (QED) is 0.857. The van der Waals surface area contributed by atoms with Crippen LogP contribution in [0.3, 0.4) is 0 Å². The van der Waals surface area contributed by atoms with Crippen LogP contribution in [0.2, 0.25) is 0 Å². The van der Waals surface area contributed by atoms with Crippen LogP contribution in [-0.2, 0) is 0 Å². The van der Waals surface area contributed by atoms with E-state index >= 15 is 0 Å². The molecule has 2 nitrogen and oxygen atoms in total. The molecule has 0 saturated heterocycles. The smallest absolute Gasteiger partial charge is 0.335 e. The Balaban J connectivity index is 2.63. The molecule has 0 heterocycles. The van der Waals surface area contributed by atoms with E-state index in [0.29, 0.717) is 11.1 Å². The Bertz CT molecular complexity index is 576. The number of aryl methyl sites for hydroxylation is 1. The van der Waals surface area contributed by atoms with Gasteiger partial charge < -0.3 is 5.11 Å². The van der Waals surface area contributed by atoms with Gasteiger partial charge in [-0.15, -0.1) is 0 Å². The number of carbonyl (C=O) groups is 1. The van der Waals surface area contributed by atoms with Crippen molar-refractivity contribution in [2.24, 2.45) is 0 Å². The molecule has 0 aromatic heterocycles. The summed E-state index contributed by atoms with van der Waals surface area (Å²) in [6, 6.07) is 11.0. The van der Waals surface area contributed by atoms with E-state index in [-0.39, 0.29) is 11.4 Å². The zero-order chi connectivity index (χ0) is 12.4. The van der Waals surface area contributed by atoms with Crippen molar-refractivity contribution in [3.05, 3.63) is 59.4 Å². The van der Waals surface area contributed by atoms with E-state index in [1.165, 1.54) is 18.2 Å². The fourth-order valence-corrected chi connectivity index (χ4v) is 1.72. The lowest BCUT2D eigenvalue weighted by molar-refractivity contribution is 0.0697. The van der Waals surface area contributed by atoms with E-state index in [2.05, 4.69) is 0 Å². The lowest BCUT2D eigenvalue weighted by atomic mass is 9.98. The van der Waals surface area contributed by atoms with Crippen molar-refractivity contribution in [3.8, 4) is 11.1 Å². The van der Waals surface area contributed by atoms with E-state index in [1.807, 2.05) is 6.92 Å². The minimum Gasteiger partial charge on any atom is -0.478 e. The fraction of sp³-hybridized carbons (Fsp3) is 0.0714. The maximum Gasteiger partial charge on any atom is 0.335 e. The molecule has 86 valence electrons. The summed E-state index contributed by atoms with van der Waals surface area (Å²) in [5.74, 6) is -1.36. The molecule has 2 aromatic carbocycles. The highest BCUT2D eigenvalue weighted by atomic mass is 19.1. The Morgan fingerprint density at radius 1 is 1.12 bits per heavy atom. The maximum absolute atomic E-state index is 13.6. The maximum atomic E-state index is 13.6. The van der Waals surface area contributed by atoms with Gasteiger partial charge in [0.2, 0.25) is 0 Å². The van der Waals surface area contributed by atoms with E-state index in [4.69, 9.17) is 5.11 Å². The molecular weight excluding hydrogens is 219 g/mol. The van der Waals surface area contributed by atoms with Gasteiger partial charge in [-0.2, -0.15) is 0 Å². The molecule has 0 spiro atoms. The molecule has 0 aliphatic rings. The third-order valence-electron chi connectivity index (χ3n) is 2.65. The Hall–Kier alpha value is -2.16. The molecule has 1 N–H and O–H groups in total. The molecule has 0 aliphatic carbocycles. The van der Waals surface area contributed by atoms with Crippen molar-refractivity contribution in [2.75, 3.05) is 0 Å². The third kappa shape index (κ3) is 2.18. The highest BCUT2D eigenvalue weighted by Crippen LogP contribution is 2.26. The fourth-order valence-electron chi connectivity index (χ4n) is 1.72. The highest BCUT2D eigenvalue weighted by Gasteiger charge is 2.10. The first-order valence-corrected chi connectivity index (χ1v) is 5.18. The third-order valence-corrected chi connectivity index (χ3v) is 2.65. The summed E-state index contributed by atoms with van der Waals surface area (Å²) >= 11 is 0. The lowest BCUT2D eigenvalue weighted by Gasteiger charge is -2.08. The number of hydrogen-bond donors (Lipinski definition) is 1. The van der Waals surface area contributed by atoms with Crippen LogP contribution in [-0.4, -0.2) is 11.1 Å². The molecule has 0 saturated carbocycles. The Morgan fingerprint density at radius 3 is 2.47 bits per heavy atom. The van der Waals surface area contributed by atoms with Crippen molar-refractivity contribution in [2.45, 2.75) is 6.92 Å². The number of halogens is 1. The first-order valence-electron chi connectivity index (χ1n) is 5.18. The van der Waals surface area contributed by atoms with Gasteiger partial charge in [-0.25, -0.2) is 9.18 Å². The number of aromatic carboxylic acids is 1. The lowest BCUT2D eigenvalue weighted by Crippen LogP contribution is -1.98. The van der Waals surface area contributed by atoms with Crippen LogP contribution in [0.1, 0.15) is 15.9 Å². The van der Waals surface area contributed by atoms with Gasteiger partial charge in [0, 0.05) is 5.56 Å². The minimum atomic E-state index is -1.01. The van der Waals surface area contributed by atoms with Gasteiger partial charge in [0.15, 0.2) is 0 Å². The van der Waals surface area contributed by atoms with Crippen LogP contribution in [0.15, 0.2) is 42.5 Å². The number of rotatable bonds is 2. The molecule has 0 bridgehead atoms. The predicted molar refractivity (Wildman–Crippen MR) is 63.5 cm³/mol. The Labute approximate surface area is 98.3 Å². The van der Waals surface area contributed by atoms with Gasteiger partial charge in [0.05, 0.1) is 5.56 Å². The van der Waals surface area contributed by atoms with Crippen LogP contribution in [0.25, 0.3) is 11.1 Å². The second-order valence-electron chi connectivity index (χ2n) is 3.81. The van der Waals surface area contributed by atoms with Crippen LogP contribution in [0.4, 0.5) is 4.39 Å². The number of carboxylic acid groups (broad SMARTS) is 1. The van der Waals surface area contributed by atoms with Crippen LogP contribution in [0.5, 0.6) is 0 Å². The monoisotopic (exact) mass is 230 g/mol. The summed E-state index contributed by atoms with van der Waals surface area (Å²) < 4.78 is 13.6. The van der Waals surface area contributed by atoms with Crippen LogP contribution in [0, 0.1) is 12.7 Å². The van der Waals surface area contributed by atoms with Crippen molar-refractivity contribution in [3.63, 3.8) is 0 Å². The summed E-state index contributed by atoms with van der Waals surface area (Å²) in [6.45, 7) is 1.83. The SMILES string of the molecule is Cc1ccc(C(=O)O)cc1-c1ccccc1F. The molecule has 0 fully saturated rings. The van der Waals surface area contributed by atoms with Crippen molar-refractivity contribution < 1.29 is 14.3 Å². The van der Waals surface area contributed by atoms with Gasteiger partial charge in [-0.05, 0) is 36.2 Å². The predicted octanol–water partition coefficient (Wildman–Crippen LogP) is 3.50. The number of carboxylic acids is 1. The van der Waals surface area contributed by atoms with Crippen LogP contribution < -0.4 is 0 Å². The zero-order valence-electron chi connectivity index (χ0n) is 9.27.